The van der Waals surface area contributed by atoms with Crippen molar-refractivity contribution in [3.05, 3.63) is 28.2 Å². The number of aromatic amines is 1. The van der Waals surface area contributed by atoms with Crippen molar-refractivity contribution in [2.75, 3.05) is 0 Å². The minimum absolute atomic E-state index is 0.205. The van der Waals surface area contributed by atoms with Crippen LogP contribution in [-0.4, -0.2) is 10.2 Å². The minimum atomic E-state index is -0.205. The van der Waals surface area contributed by atoms with E-state index in [1.54, 1.807) is 6.07 Å². The Morgan fingerprint density at radius 3 is 2.89 bits per heavy atom. The van der Waals surface area contributed by atoms with E-state index in [9.17, 15) is 4.79 Å². The van der Waals surface area contributed by atoms with Crippen LogP contribution in [0.3, 0.4) is 0 Å². The Hall–Kier alpha value is -0.830. The lowest BCUT2D eigenvalue weighted by atomic mass is 10.4. The van der Waals surface area contributed by atoms with Crippen molar-refractivity contribution in [1.82, 2.24) is 10.2 Å². The fraction of sp³-hybridized carbons (Fsp3) is 0.200. The third-order valence-corrected chi connectivity index (χ3v) is 1.15. The molecule has 3 nitrogen and oxygen atoms in total. The lowest BCUT2D eigenvalue weighted by Crippen LogP contribution is -2.06. The number of hydrogen-bond acceptors (Lipinski definition) is 2. The highest BCUT2D eigenvalue weighted by Gasteiger charge is 1.87. The first-order valence-corrected chi connectivity index (χ1v) is 2.97. The molecule has 1 heterocycles. The first-order chi connectivity index (χ1) is 4.33. The van der Waals surface area contributed by atoms with Crippen molar-refractivity contribution in [2.45, 2.75) is 5.88 Å². The summed E-state index contributed by atoms with van der Waals surface area (Å²) in [5.41, 5.74) is 0.472. The Bertz CT molecular complexity index is 224. The standard InChI is InChI=1S/C5H5ClN2O/c6-3-4-1-2-5(9)8-7-4/h1-2H,3H2,(H,8,9). The summed E-state index contributed by atoms with van der Waals surface area (Å²) in [5.74, 6) is 0.330. The van der Waals surface area contributed by atoms with Crippen LogP contribution in [0.15, 0.2) is 16.9 Å². The van der Waals surface area contributed by atoms with Crippen LogP contribution >= 0.6 is 11.6 Å². The van der Waals surface area contributed by atoms with Crippen LogP contribution in [0.25, 0.3) is 0 Å². The van der Waals surface area contributed by atoms with Crippen molar-refractivity contribution in [1.29, 1.82) is 0 Å². The van der Waals surface area contributed by atoms with Gasteiger partial charge in [-0.15, -0.1) is 11.6 Å². The largest absolute Gasteiger partial charge is 0.268 e. The molecule has 0 aliphatic rings. The summed E-state index contributed by atoms with van der Waals surface area (Å²) in [6.45, 7) is 0. The molecule has 0 fully saturated rings. The average Bonchev–Trinajstić information content (AvgIpc) is 1.90. The van der Waals surface area contributed by atoms with Gasteiger partial charge in [-0.25, -0.2) is 5.10 Å². The molecule has 0 aliphatic heterocycles. The topological polar surface area (TPSA) is 45.8 Å². The molecule has 0 saturated heterocycles. The van der Waals surface area contributed by atoms with Gasteiger partial charge in [0.15, 0.2) is 0 Å². The smallest absolute Gasteiger partial charge is 0.264 e. The first-order valence-electron chi connectivity index (χ1n) is 2.43. The Morgan fingerprint density at radius 1 is 1.67 bits per heavy atom. The minimum Gasteiger partial charge on any atom is -0.268 e. The molecule has 0 saturated carbocycles. The highest BCUT2D eigenvalue weighted by Crippen LogP contribution is 1.92. The second-order valence-corrected chi connectivity index (χ2v) is 1.81. The van der Waals surface area contributed by atoms with Gasteiger partial charge >= 0.3 is 0 Å². The molecule has 0 bridgehead atoms. The van der Waals surface area contributed by atoms with Crippen LogP contribution in [0.1, 0.15) is 5.69 Å². The molecule has 9 heavy (non-hydrogen) atoms. The molecular weight excluding hydrogens is 140 g/mol. The van der Waals surface area contributed by atoms with Gasteiger partial charge in [0.25, 0.3) is 5.56 Å². The zero-order valence-electron chi connectivity index (χ0n) is 4.60. The average molecular weight is 145 g/mol. The van der Waals surface area contributed by atoms with Crippen LogP contribution in [0.5, 0.6) is 0 Å². The Balaban J connectivity index is 3.02. The second kappa shape index (κ2) is 2.64. The van der Waals surface area contributed by atoms with Crippen molar-refractivity contribution in [3.63, 3.8) is 0 Å². The molecule has 1 N–H and O–H groups in total. The maximum atomic E-state index is 10.4. The number of nitrogens with one attached hydrogen (secondary N) is 1. The summed E-state index contributed by atoms with van der Waals surface area (Å²) in [4.78, 5) is 10.4. The quantitative estimate of drug-likeness (QED) is 0.584. The lowest BCUT2D eigenvalue weighted by molar-refractivity contribution is 0.936. The normalized spacial score (nSPS) is 9.44. The molecule has 0 atom stereocenters. The zero-order valence-corrected chi connectivity index (χ0v) is 5.35. The maximum absolute atomic E-state index is 10.4. The maximum Gasteiger partial charge on any atom is 0.264 e. The zero-order chi connectivity index (χ0) is 6.69. The third kappa shape index (κ3) is 1.54. The van der Waals surface area contributed by atoms with E-state index in [0.717, 1.165) is 0 Å². The van der Waals surface area contributed by atoms with Crippen molar-refractivity contribution in [2.24, 2.45) is 0 Å². The molecular formula is C5H5ClN2O. The van der Waals surface area contributed by atoms with E-state index in [0.29, 0.717) is 11.6 Å². The van der Waals surface area contributed by atoms with Crippen molar-refractivity contribution in [3.8, 4) is 0 Å². The molecule has 0 radical (unpaired) electrons. The molecule has 4 heteroatoms. The van der Waals surface area contributed by atoms with Gasteiger partial charge in [-0.3, -0.25) is 4.79 Å². The summed E-state index contributed by atoms with van der Waals surface area (Å²) in [5, 5.41) is 5.89. The molecule has 1 aromatic heterocycles. The number of alkyl halides is 1. The summed E-state index contributed by atoms with van der Waals surface area (Å²) in [6.07, 6.45) is 0. The van der Waals surface area contributed by atoms with Crippen LogP contribution in [0.2, 0.25) is 0 Å². The summed E-state index contributed by atoms with van der Waals surface area (Å²) in [6, 6.07) is 2.98. The van der Waals surface area contributed by atoms with E-state index >= 15 is 0 Å². The monoisotopic (exact) mass is 144 g/mol. The van der Waals surface area contributed by atoms with Crippen molar-refractivity contribution >= 4 is 11.6 Å². The molecule has 0 unspecified atom stereocenters. The van der Waals surface area contributed by atoms with Crippen LogP contribution < -0.4 is 5.56 Å². The number of halogens is 1. The first kappa shape index (κ1) is 6.29. The fourth-order valence-electron chi connectivity index (χ4n) is 0.448. The number of aromatic nitrogens is 2. The van der Waals surface area contributed by atoms with E-state index in [1.165, 1.54) is 6.07 Å². The van der Waals surface area contributed by atoms with Crippen LogP contribution in [0.4, 0.5) is 0 Å². The Kier molecular flexibility index (Phi) is 1.85. The summed E-state index contributed by atoms with van der Waals surface area (Å²) >= 11 is 5.39. The number of nitrogens with zero attached hydrogens (tertiary/aromatic N) is 1. The molecule has 1 rings (SSSR count). The van der Waals surface area contributed by atoms with E-state index in [1.807, 2.05) is 0 Å². The highest BCUT2D eigenvalue weighted by atomic mass is 35.5. The molecule has 1 aromatic rings. The molecule has 0 aliphatic carbocycles. The van der Waals surface area contributed by atoms with Gasteiger partial charge in [-0.2, -0.15) is 5.10 Å². The van der Waals surface area contributed by atoms with Crippen LogP contribution in [-0.2, 0) is 5.88 Å². The Morgan fingerprint density at radius 2 is 2.44 bits per heavy atom. The third-order valence-electron chi connectivity index (χ3n) is 0.874. The second-order valence-electron chi connectivity index (χ2n) is 1.55. The van der Waals surface area contributed by atoms with Gasteiger partial charge in [0, 0.05) is 6.07 Å². The number of H-pyrrole nitrogens is 1. The van der Waals surface area contributed by atoms with Crippen LogP contribution in [0, 0.1) is 0 Å². The summed E-state index contributed by atoms with van der Waals surface area (Å²) < 4.78 is 0. The van der Waals surface area contributed by atoms with Gasteiger partial charge in [-0.1, -0.05) is 0 Å². The fourth-order valence-corrected chi connectivity index (χ4v) is 0.597. The highest BCUT2D eigenvalue weighted by molar-refractivity contribution is 6.16. The SMILES string of the molecule is O=c1ccc(CCl)n[nH]1. The van der Waals surface area contributed by atoms with Gasteiger partial charge in [0.2, 0.25) is 0 Å². The number of hydrogen-bond donors (Lipinski definition) is 1. The van der Waals surface area contributed by atoms with E-state index in [2.05, 4.69) is 10.2 Å². The van der Waals surface area contributed by atoms with E-state index in [4.69, 9.17) is 11.6 Å². The lowest BCUT2D eigenvalue weighted by Gasteiger charge is -1.87. The number of rotatable bonds is 1. The van der Waals surface area contributed by atoms with Crippen molar-refractivity contribution < 1.29 is 0 Å². The summed E-state index contributed by atoms with van der Waals surface area (Å²) in [7, 11) is 0. The molecule has 48 valence electrons. The predicted molar refractivity (Wildman–Crippen MR) is 34.4 cm³/mol. The molecule has 0 aromatic carbocycles. The van der Waals surface area contributed by atoms with Gasteiger partial charge in [0.1, 0.15) is 0 Å². The molecule has 0 spiro atoms. The van der Waals surface area contributed by atoms with E-state index < -0.39 is 0 Å². The predicted octanol–water partition coefficient (Wildman–Crippen LogP) is 0.509. The van der Waals surface area contributed by atoms with E-state index in [-0.39, 0.29) is 5.56 Å². The molecule has 0 amide bonds. The Labute approximate surface area is 56.7 Å². The van der Waals surface area contributed by atoms with Gasteiger partial charge < -0.3 is 0 Å². The van der Waals surface area contributed by atoms with Gasteiger partial charge in [0.05, 0.1) is 11.6 Å². The van der Waals surface area contributed by atoms with Gasteiger partial charge in [-0.05, 0) is 6.07 Å².